The highest BCUT2D eigenvalue weighted by atomic mass is 79.9. The van der Waals surface area contributed by atoms with Gasteiger partial charge in [-0.2, -0.15) is 4.98 Å². The minimum atomic E-state index is -3.73. The van der Waals surface area contributed by atoms with Crippen LogP contribution in [0.4, 0.5) is 11.7 Å². The van der Waals surface area contributed by atoms with Crippen LogP contribution < -0.4 is 10.5 Å². The molecule has 0 aliphatic heterocycles. The number of nitrogens with zero attached hydrogens (tertiary/aromatic N) is 1. The third-order valence-electron chi connectivity index (χ3n) is 2.12. The first-order valence-corrected chi connectivity index (χ1v) is 7.16. The summed E-state index contributed by atoms with van der Waals surface area (Å²) in [4.78, 5) is 3.94. The molecule has 0 atom stereocenters. The number of benzene rings is 1. The van der Waals surface area contributed by atoms with Gasteiger partial charge in [0, 0.05) is 10.2 Å². The predicted octanol–water partition coefficient (Wildman–Crippen LogP) is 2.13. The molecule has 1 aromatic carbocycles. The molecular formula is C10H10BrN3O3S. The van der Waals surface area contributed by atoms with Crippen LogP contribution in [0.25, 0.3) is 0 Å². The number of halogens is 1. The molecule has 0 unspecified atom stereocenters. The van der Waals surface area contributed by atoms with E-state index in [0.717, 1.165) is 0 Å². The first-order chi connectivity index (χ1) is 8.38. The van der Waals surface area contributed by atoms with E-state index in [2.05, 4.69) is 25.6 Å². The van der Waals surface area contributed by atoms with Crippen LogP contribution in [0.2, 0.25) is 0 Å². The maximum Gasteiger partial charge on any atom is 0.309 e. The fourth-order valence-electron chi connectivity index (χ4n) is 1.25. The van der Waals surface area contributed by atoms with Crippen molar-refractivity contribution in [2.24, 2.45) is 0 Å². The molecule has 1 aromatic heterocycles. The van der Waals surface area contributed by atoms with Crippen molar-refractivity contribution in [3.05, 3.63) is 34.6 Å². The molecule has 0 spiro atoms. The molecule has 0 aliphatic rings. The summed E-state index contributed by atoms with van der Waals surface area (Å²) in [6, 6.07) is 4.24. The van der Waals surface area contributed by atoms with Crippen LogP contribution >= 0.6 is 15.9 Å². The quantitative estimate of drug-likeness (QED) is 0.839. The van der Waals surface area contributed by atoms with Crippen molar-refractivity contribution in [2.45, 2.75) is 11.8 Å². The molecule has 3 N–H and O–H groups in total. The second kappa shape index (κ2) is 4.62. The zero-order valence-corrected chi connectivity index (χ0v) is 11.7. The Labute approximate surface area is 112 Å². The molecular weight excluding hydrogens is 322 g/mol. The van der Waals surface area contributed by atoms with Gasteiger partial charge in [0.15, 0.2) is 0 Å². The SMILES string of the molecule is Cc1coc(NS(=O)(=O)c2ccc(N)c(Br)c2)n1. The van der Waals surface area contributed by atoms with Gasteiger partial charge in [-0.25, -0.2) is 13.1 Å². The van der Waals surface area contributed by atoms with Crippen LogP contribution in [-0.4, -0.2) is 13.4 Å². The van der Waals surface area contributed by atoms with Crippen molar-refractivity contribution in [1.82, 2.24) is 4.98 Å². The number of rotatable bonds is 3. The first kappa shape index (κ1) is 12.9. The van der Waals surface area contributed by atoms with E-state index in [-0.39, 0.29) is 10.9 Å². The second-order valence-corrected chi connectivity index (χ2v) is 6.12. The zero-order valence-electron chi connectivity index (χ0n) is 9.34. The largest absolute Gasteiger partial charge is 0.431 e. The van der Waals surface area contributed by atoms with Gasteiger partial charge < -0.3 is 10.2 Å². The lowest BCUT2D eigenvalue weighted by atomic mass is 10.3. The highest BCUT2D eigenvalue weighted by Crippen LogP contribution is 2.24. The van der Waals surface area contributed by atoms with Gasteiger partial charge >= 0.3 is 6.01 Å². The average molecular weight is 332 g/mol. The summed E-state index contributed by atoms with van der Waals surface area (Å²) in [5.74, 6) is 0. The average Bonchev–Trinajstić information content (AvgIpc) is 2.67. The normalized spacial score (nSPS) is 11.4. The molecule has 96 valence electrons. The van der Waals surface area contributed by atoms with Gasteiger partial charge in [0.1, 0.15) is 6.26 Å². The van der Waals surface area contributed by atoms with Gasteiger partial charge in [0.2, 0.25) is 0 Å². The number of nitrogens with two attached hydrogens (primary N) is 1. The second-order valence-electron chi connectivity index (χ2n) is 3.58. The Bertz CT molecular complexity index is 681. The number of oxazole rings is 1. The first-order valence-electron chi connectivity index (χ1n) is 4.88. The van der Waals surface area contributed by atoms with Crippen molar-refractivity contribution < 1.29 is 12.8 Å². The van der Waals surface area contributed by atoms with Crippen molar-refractivity contribution >= 4 is 37.7 Å². The molecule has 0 fully saturated rings. The maximum absolute atomic E-state index is 12.0. The Kier molecular flexibility index (Phi) is 3.31. The van der Waals surface area contributed by atoms with E-state index in [1.165, 1.54) is 24.5 Å². The number of hydrogen-bond donors (Lipinski definition) is 2. The number of sulfonamides is 1. The van der Waals surface area contributed by atoms with Crippen LogP contribution in [0.15, 0.2) is 38.2 Å². The maximum atomic E-state index is 12.0. The molecule has 8 heteroatoms. The molecule has 6 nitrogen and oxygen atoms in total. The standard InChI is InChI=1S/C10H10BrN3O3S/c1-6-5-17-10(13-6)14-18(15,16)7-2-3-9(12)8(11)4-7/h2-5H,12H2,1H3,(H,13,14). The summed E-state index contributed by atoms with van der Waals surface area (Å²) >= 11 is 3.17. The lowest BCUT2D eigenvalue weighted by molar-refractivity contribution is 0.569. The van der Waals surface area contributed by atoms with Crippen molar-refractivity contribution in [3.8, 4) is 0 Å². The minimum absolute atomic E-state index is 0.0689. The molecule has 0 radical (unpaired) electrons. The summed E-state index contributed by atoms with van der Waals surface area (Å²) < 4.78 is 31.7. The minimum Gasteiger partial charge on any atom is -0.431 e. The molecule has 0 saturated heterocycles. The summed E-state index contributed by atoms with van der Waals surface area (Å²) in [5, 5.41) is 0. The lowest BCUT2D eigenvalue weighted by Gasteiger charge is -2.06. The Balaban J connectivity index is 2.33. The molecule has 0 saturated carbocycles. The van der Waals surface area contributed by atoms with Gasteiger partial charge in [0.05, 0.1) is 10.6 Å². The molecule has 0 amide bonds. The number of nitrogen functional groups attached to an aromatic ring is 1. The van der Waals surface area contributed by atoms with Crippen LogP contribution in [0.1, 0.15) is 5.69 Å². The number of aromatic nitrogens is 1. The Hall–Kier alpha value is -1.54. The Morgan fingerprint density at radius 1 is 1.44 bits per heavy atom. The van der Waals surface area contributed by atoms with Crippen molar-refractivity contribution in [2.75, 3.05) is 10.5 Å². The summed E-state index contributed by atoms with van der Waals surface area (Å²) in [6.07, 6.45) is 1.36. The van der Waals surface area contributed by atoms with Gasteiger partial charge in [0.25, 0.3) is 10.0 Å². The van der Waals surface area contributed by atoms with Gasteiger partial charge in [-0.3, -0.25) is 0 Å². The van der Waals surface area contributed by atoms with Crippen LogP contribution in [0, 0.1) is 6.92 Å². The Morgan fingerprint density at radius 3 is 2.72 bits per heavy atom. The monoisotopic (exact) mass is 331 g/mol. The van der Waals surface area contributed by atoms with Gasteiger partial charge in [-0.15, -0.1) is 0 Å². The van der Waals surface area contributed by atoms with Crippen LogP contribution in [-0.2, 0) is 10.0 Å². The zero-order chi connectivity index (χ0) is 13.3. The molecule has 2 aromatic rings. The van der Waals surface area contributed by atoms with Crippen molar-refractivity contribution in [3.63, 3.8) is 0 Å². The number of nitrogens with one attached hydrogen (secondary N) is 1. The molecule has 0 aliphatic carbocycles. The van der Waals surface area contributed by atoms with E-state index in [4.69, 9.17) is 10.2 Å². The summed E-state index contributed by atoms with van der Waals surface area (Å²) in [7, 11) is -3.73. The van der Waals surface area contributed by atoms with E-state index in [0.29, 0.717) is 15.9 Å². The van der Waals surface area contributed by atoms with E-state index >= 15 is 0 Å². The van der Waals surface area contributed by atoms with E-state index in [1.54, 1.807) is 6.92 Å². The predicted molar refractivity (Wildman–Crippen MR) is 70.6 cm³/mol. The molecule has 0 bridgehead atoms. The molecule has 2 rings (SSSR count). The number of hydrogen-bond acceptors (Lipinski definition) is 5. The highest BCUT2D eigenvalue weighted by molar-refractivity contribution is 9.10. The van der Waals surface area contributed by atoms with Crippen molar-refractivity contribution in [1.29, 1.82) is 0 Å². The number of aryl methyl sites for hydroxylation is 1. The van der Waals surface area contributed by atoms with E-state index in [9.17, 15) is 8.42 Å². The third kappa shape index (κ3) is 2.65. The third-order valence-corrected chi connectivity index (χ3v) is 4.13. The topological polar surface area (TPSA) is 98.2 Å². The van der Waals surface area contributed by atoms with E-state index < -0.39 is 10.0 Å². The smallest absolute Gasteiger partial charge is 0.309 e. The molecule has 18 heavy (non-hydrogen) atoms. The Morgan fingerprint density at radius 2 is 2.17 bits per heavy atom. The fraction of sp³-hybridized carbons (Fsp3) is 0.100. The van der Waals surface area contributed by atoms with Gasteiger partial charge in [-0.1, -0.05) is 0 Å². The molecule has 1 heterocycles. The fourth-order valence-corrected chi connectivity index (χ4v) is 2.74. The lowest BCUT2D eigenvalue weighted by Crippen LogP contribution is -2.13. The van der Waals surface area contributed by atoms with E-state index in [1.807, 2.05) is 0 Å². The van der Waals surface area contributed by atoms with Crippen LogP contribution in [0.5, 0.6) is 0 Å². The summed E-state index contributed by atoms with van der Waals surface area (Å²) in [5.41, 5.74) is 6.64. The number of anilines is 2. The van der Waals surface area contributed by atoms with Gasteiger partial charge in [-0.05, 0) is 41.1 Å². The van der Waals surface area contributed by atoms with Crippen LogP contribution in [0.3, 0.4) is 0 Å². The highest BCUT2D eigenvalue weighted by Gasteiger charge is 2.17. The summed E-state index contributed by atoms with van der Waals surface area (Å²) in [6.45, 7) is 1.70.